The van der Waals surface area contributed by atoms with Crippen LogP contribution in [0.1, 0.15) is 36.3 Å². The van der Waals surface area contributed by atoms with Crippen LogP contribution in [0.25, 0.3) is 0 Å². The van der Waals surface area contributed by atoms with Crippen LogP contribution >= 0.6 is 11.6 Å². The molecule has 0 N–H and O–H groups in total. The second-order valence-corrected chi connectivity index (χ2v) is 5.11. The van der Waals surface area contributed by atoms with Crippen molar-refractivity contribution in [1.29, 1.82) is 0 Å². The SMILES string of the molecule is CC1CCc2ccc(OC(F)F)cc2C(Cl)C1. The smallest absolute Gasteiger partial charge is 0.387 e. The molecule has 2 rings (SSSR count). The van der Waals surface area contributed by atoms with E-state index in [-0.39, 0.29) is 11.1 Å². The van der Waals surface area contributed by atoms with E-state index in [0.717, 1.165) is 30.4 Å². The number of ether oxygens (including phenoxy) is 1. The lowest BCUT2D eigenvalue weighted by Crippen LogP contribution is -2.03. The molecule has 1 aliphatic rings. The van der Waals surface area contributed by atoms with Gasteiger partial charge >= 0.3 is 6.61 Å². The molecule has 0 saturated heterocycles. The summed E-state index contributed by atoms with van der Waals surface area (Å²) in [4.78, 5) is 0. The normalized spacial score (nSPS) is 24.3. The molecule has 0 bridgehead atoms. The van der Waals surface area contributed by atoms with Crippen molar-refractivity contribution in [3.05, 3.63) is 29.3 Å². The molecule has 1 nitrogen and oxygen atoms in total. The van der Waals surface area contributed by atoms with Gasteiger partial charge in [-0.05, 0) is 48.4 Å². The Kier molecular flexibility index (Phi) is 3.87. The summed E-state index contributed by atoms with van der Waals surface area (Å²) in [6.45, 7) is -0.621. The molecule has 1 aliphatic carbocycles. The molecular formula is C13H15ClF2O. The lowest BCUT2D eigenvalue weighted by Gasteiger charge is -2.14. The van der Waals surface area contributed by atoms with Gasteiger partial charge in [0.1, 0.15) is 5.75 Å². The van der Waals surface area contributed by atoms with E-state index in [4.69, 9.17) is 11.6 Å². The van der Waals surface area contributed by atoms with Crippen LogP contribution in [0.3, 0.4) is 0 Å². The molecule has 2 unspecified atom stereocenters. The number of benzene rings is 1. The molecule has 0 aromatic heterocycles. The van der Waals surface area contributed by atoms with Crippen molar-refractivity contribution in [2.24, 2.45) is 5.92 Å². The molecule has 94 valence electrons. The Balaban J connectivity index is 2.27. The zero-order valence-corrected chi connectivity index (χ0v) is 10.4. The van der Waals surface area contributed by atoms with E-state index in [1.807, 2.05) is 6.07 Å². The van der Waals surface area contributed by atoms with E-state index in [0.29, 0.717) is 5.92 Å². The first kappa shape index (κ1) is 12.6. The fourth-order valence-electron chi connectivity index (χ4n) is 2.27. The number of halogens is 3. The highest BCUT2D eigenvalue weighted by Crippen LogP contribution is 2.37. The minimum absolute atomic E-state index is 0.108. The summed E-state index contributed by atoms with van der Waals surface area (Å²) in [5.41, 5.74) is 2.09. The Morgan fingerprint density at radius 1 is 1.41 bits per heavy atom. The number of aryl methyl sites for hydroxylation is 1. The van der Waals surface area contributed by atoms with Crippen LogP contribution in [0, 0.1) is 5.92 Å². The lowest BCUT2D eigenvalue weighted by atomic mass is 10.0. The second kappa shape index (κ2) is 5.21. The van der Waals surface area contributed by atoms with Crippen molar-refractivity contribution in [3.8, 4) is 5.75 Å². The standard InChI is InChI=1S/C13H15ClF2O/c1-8-2-3-9-4-5-10(17-13(15)16)7-11(9)12(14)6-8/h4-5,7-8,12-13H,2-3,6H2,1H3. The summed E-state index contributed by atoms with van der Waals surface area (Å²) < 4.78 is 28.7. The lowest BCUT2D eigenvalue weighted by molar-refractivity contribution is -0.0498. The average Bonchev–Trinajstić information content (AvgIpc) is 2.38. The van der Waals surface area contributed by atoms with Crippen molar-refractivity contribution in [2.45, 2.75) is 38.2 Å². The highest BCUT2D eigenvalue weighted by Gasteiger charge is 2.21. The molecular weight excluding hydrogens is 246 g/mol. The highest BCUT2D eigenvalue weighted by atomic mass is 35.5. The first-order valence-electron chi connectivity index (χ1n) is 5.78. The predicted octanol–water partition coefficient (Wildman–Crippen LogP) is 4.54. The third kappa shape index (κ3) is 3.09. The molecule has 17 heavy (non-hydrogen) atoms. The maximum absolute atomic E-state index is 12.1. The molecule has 0 aliphatic heterocycles. The summed E-state index contributed by atoms with van der Waals surface area (Å²) in [5.74, 6) is 0.753. The Bertz CT molecular complexity index is 395. The van der Waals surface area contributed by atoms with E-state index in [1.54, 1.807) is 12.1 Å². The van der Waals surface area contributed by atoms with Gasteiger partial charge in [-0.15, -0.1) is 11.6 Å². The number of hydrogen-bond acceptors (Lipinski definition) is 1. The maximum Gasteiger partial charge on any atom is 0.387 e. The van der Waals surface area contributed by atoms with Gasteiger partial charge in [0, 0.05) is 0 Å². The number of rotatable bonds is 2. The van der Waals surface area contributed by atoms with Gasteiger partial charge in [-0.2, -0.15) is 8.78 Å². The van der Waals surface area contributed by atoms with Crippen molar-refractivity contribution < 1.29 is 13.5 Å². The van der Waals surface area contributed by atoms with E-state index in [1.165, 1.54) is 0 Å². The van der Waals surface area contributed by atoms with Crippen LogP contribution in [0.15, 0.2) is 18.2 Å². The third-order valence-corrected chi connectivity index (χ3v) is 3.61. The molecule has 1 aromatic rings. The monoisotopic (exact) mass is 260 g/mol. The van der Waals surface area contributed by atoms with Gasteiger partial charge in [0.05, 0.1) is 5.38 Å². The van der Waals surface area contributed by atoms with E-state index in [2.05, 4.69) is 11.7 Å². The fourth-order valence-corrected chi connectivity index (χ4v) is 2.78. The zero-order valence-electron chi connectivity index (χ0n) is 9.63. The van der Waals surface area contributed by atoms with Gasteiger partial charge in [-0.25, -0.2) is 0 Å². The predicted molar refractivity (Wildman–Crippen MR) is 63.8 cm³/mol. The van der Waals surface area contributed by atoms with Crippen LogP contribution in [-0.4, -0.2) is 6.61 Å². The van der Waals surface area contributed by atoms with Crippen molar-refractivity contribution >= 4 is 11.6 Å². The third-order valence-electron chi connectivity index (χ3n) is 3.20. The summed E-state index contributed by atoms with van der Waals surface area (Å²) in [7, 11) is 0. The number of fused-ring (bicyclic) bond motifs is 1. The summed E-state index contributed by atoms with van der Waals surface area (Å²) in [6, 6.07) is 5.09. The molecule has 4 heteroatoms. The Hall–Kier alpha value is -0.830. The van der Waals surface area contributed by atoms with Gasteiger partial charge in [0.25, 0.3) is 0 Å². The van der Waals surface area contributed by atoms with E-state index >= 15 is 0 Å². The van der Waals surface area contributed by atoms with E-state index < -0.39 is 6.61 Å². The van der Waals surface area contributed by atoms with Gasteiger partial charge in [-0.1, -0.05) is 13.0 Å². The van der Waals surface area contributed by atoms with Crippen molar-refractivity contribution in [1.82, 2.24) is 0 Å². The van der Waals surface area contributed by atoms with Gasteiger partial charge in [0.2, 0.25) is 0 Å². The maximum atomic E-state index is 12.1. The largest absolute Gasteiger partial charge is 0.435 e. The van der Waals surface area contributed by atoms with E-state index in [9.17, 15) is 8.78 Å². The summed E-state index contributed by atoms with van der Waals surface area (Å²) >= 11 is 6.31. The zero-order chi connectivity index (χ0) is 12.4. The van der Waals surface area contributed by atoms with Gasteiger partial charge < -0.3 is 4.74 Å². The highest BCUT2D eigenvalue weighted by molar-refractivity contribution is 6.21. The van der Waals surface area contributed by atoms with Crippen LogP contribution in [-0.2, 0) is 6.42 Å². The molecule has 1 aromatic carbocycles. The van der Waals surface area contributed by atoms with Gasteiger partial charge in [0.15, 0.2) is 0 Å². The Labute approximate surface area is 105 Å². The quantitative estimate of drug-likeness (QED) is 0.560. The van der Waals surface area contributed by atoms with Crippen LogP contribution in [0.4, 0.5) is 8.78 Å². The number of alkyl halides is 3. The van der Waals surface area contributed by atoms with Crippen molar-refractivity contribution in [2.75, 3.05) is 0 Å². The molecule has 0 amide bonds. The first-order chi connectivity index (χ1) is 8.06. The van der Waals surface area contributed by atoms with Crippen molar-refractivity contribution in [3.63, 3.8) is 0 Å². The number of hydrogen-bond donors (Lipinski definition) is 0. The average molecular weight is 261 g/mol. The fraction of sp³-hybridized carbons (Fsp3) is 0.538. The van der Waals surface area contributed by atoms with Gasteiger partial charge in [-0.3, -0.25) is 0 Å². The van der Waals surface area contributed by atoms with Crippen LogP contribution in [0.5, 0.6) is 5.75 Å². The Morgan fingerprint density at radius 2 is 2.18 bits per heavy atom. The topological polar surface area (TPSA) is 9.23 Å². The second-order valence-electron chi connectivity index (χ2n) is 4.59. The summed E-state index contributed by atoms with van der Waals surface area (Å²) in [5, 5.41) is -0.108. The van der Waals surface area contributed by atoms with Crippen LogP contribution in [0.2, 0.25) is 0 Å². The molecule has 0 fully saturated rings. The van der Waals surface area contributed by atoms with Crippen LogP contribution < -0.4 is 4.74 Å². The molecule has 0 radical (unpaired) electrons. The minimum Gasteiger partial charge on any atom is -0.435 e. The molecule has 0 heterocycles. The molecule has 0 saturated carbocycles. The molecule has 2 atom stereocenters. The first-order valence-corrected chi connectivity index (χ1v) is 6.21. The molecule has 0 spiro atoms. The Morgan fingerprint density at radius 3 is 2.88 bits per heavy atom. The minimum atomic E-state index is -2.79. The summed E-state index contributed by atoms with van der Waals surface area (Å²) in [6.07, 6.45) is 2.92.